The molecule has 0 bridgehead atoms. The van der Waals surface area contributed by atoms with Gasteiger partial charge in [0.25, 0.3) is 0 Å². The summed E-state index contributed by atoms with van der Waals surface area (Å²) in [6.07, 6.45) is 3.94. The molecule has 0 radical (unpaired) electrons. The molecule has 0 saturated carbocycles. The van der Waals surface area contributed by atoms with Crippen molar-refractivity contribution < 1.29 is 24.1 Å². The number of epoxide rings is 4. The van der Waals surface area contributed by atoms with Crippen LogP contribution in [0.2, 0.25) is 0 Å². The van der Waals surface area contributed by atoms with Crippen LogP contribution in [0.5, 0.6) is 5.75 Å². The Morgan fingerprint density at radius 2 is 1.04 bits per heavy atom. The van der Waals surface area contributed by atoms with Gasteiger partial charge in [-0.25, -0.2) is 0 Å². The number of benzene rings is 1. The fraction of sp³-hybridized carbons (Fsp3) is 0.667. The summed E-state index contributed by atoms with van der Waals surface area (Å²) in [5.41, 5.74) is 11.3. The smallest absolute Gasteiger partial charge is 0.124 e. The molecule has 130 valence electrons. The van der Waals surface area contributed by atoms with Crippen molar-refractivity contribution in [1.82, 2.24) is 0 Å². The standard InChI is InChI=1S/C18H23NO5/c19-17-14(2-10-6-22-10)13(1-9-5-21-9)15(3-11-7-23-11)18(20)16(17)4-12-8-24-12/h9-12,20H,1-8,19H2. The topological polar surface area (TPSA) is 96.4 Å². The van der Waals surface area contributed by atoms with Crippen molar-refractivity contribution in [2.45, 2.75) is 50.1 Å². The molecule has 4 aliphatic rings. The molecule has 6 nitrogen and oxygen atoms in total. The maximum absolute atomic E-state index is 10.9. The monoisotopic (exact) mass is 333 g/mol. The van der Waals surface area contributed by atoms with Crippen LogP contribution in [-0.2, 0) is 44.6 Å². The van der Waals surface area contributed by atoms with Gasteiger partial charge in [0.1, 0.15) is 5.75 Å². The number of aromatic hydroxyl groups is 1. The zero-order valence-electron chi connectivity index (χ0n) is 13.6. The van der Waals surface area contributed by atoms with Crippen LogP contribution in [0.25, 0.3) is 0 Å². The minimum absolute atomic E-state index is 0.186. The molecule has 0 spiro atoms. The van der Waals surface area contributed by atoms with Crippen LogP contribution < -0.4 is 5.73 Å². The summed E-state index contributed by atoms with van der Waals surface area (Å²) in [4.78, 5) is 0. The van der Waals surface area contributed by atoms with E-state index in [-0.39, 0.29) is 24.4 Å². The minimum atomic E-state index is 0.186. The summed E-state index contributed by atoms with van der Waals surface area (Å²) < 4.78 is 21.7. The molecule has 0 amide bonds. The van der Waals surface area contributed by atoms with E-state index in [4.69, 9.17) is 24.7 Å². The first-order valence-corrected chi connectivity index (χ1v) is 8.79. The van der Waals surface area contributed by atoms with E-state index < -0.39 is 0 Å². The molecule has 4 fully saturated rings. The second kappa shape index (κ2) is 5.59. The van der Waals surface area contributed by atoms with Gasteiger partial charge in [-0.15, -0.1) is 0 Å². The Morgan fingerprint density at radius 1 is 0.667 bits per heavy atom. The number of nitrogen functional groups attached to an aromatic ring is 1. The van der Waals surface area contributed by atoms with Crippen LogP contribution in [0.15, 0.2) is 0 Å². The molecule has 4 aliphatic heterocycles. The van der Waals surface area contributed by atoms with E-state index >= 15 is 0 Å². The Kier molecular flexibility index (Phi) is 3.49. The third-order valence-electron chi connectivity index (χ3n) is 5.29. The van der Waals surface area contributed by atoms with E-state index in [1.165, 1.54) is 0 Å². The van der Waals surface area contributed by atoms with Crippen LogP contribution in [-0.4, -0.2) is 55.9 Å². The van der Waals surface area contributed by atoms with Gasteiger partial charge in [-0.05, 0) is 11.1 Å². The van der Waals surface area contributed by atoms with Crippen LogP contribution in [0.1, 0.15) is 22.3 Å². The van der Waals surface area contributed by atoms with Gasteiger partial charge in [-0.2, -0.15) is 0 Å². The van der Waals surface area contributed by atoms with Crippen LogP contribution >= 0.6 is 0 Å². The maximum Gasteiger partial charge on any atom is 0.124 e. The van der Waals surface area contributed by atoms with Gasteiger partial charge in [0.2, 0.25) is 0 Å². The molecule has 1 aromatic rings. The summed E-state index contributed by atoms with van der Waals surface area (Å²) >= 11 is 0. The highest BCUT2D eigenvalue weighted by Crippen LogP contribution is 2.42. The van der Waals surface area contributed by atoms with Crippen molar-refractivity contribution in [1.29, 1.82) is 0 Å². The zero-order chi connectivity index (χ0) is 16.3. The normalized spacial score (nSPS) is 32.7. The van der Waals surface area contributed by atoms with Gasteiger partial charge in [-0.3, -0.25) is 0 Å². The van der Waals surface area contributed by atoms with Gasteiger partial charge in [0, 0.05) is 42.5 Å². The lowest BCUT2D eigenvalue weighted by Crippen LogP contribution is -2.15. The van der Waals surface area contributed by atoms with Crippen molar-refractivity contribution >= 4 is 5.69 Å². The highest BCUT2D eigenvalue weighted by molar-refractivity contribution is 5.67. The Morgan fingerprint density at radius 3 is 1.50 bits per heavy atom. The Bertz CT molecular complexity index is 619. The van der Waals surface area contributed by atoms with Crippen LogP contribution in [0.3, 0.4) is 0 Å². The maximum atomic E-state index is 10.9. The molecule has 4 unspecified atom stereocenters. The Hall–Kier alpha value is -1.34. The van der Waals surface area contributed by atoms with Gasteiger partial charge in [-0.1, -0.05) is 0 Å². The van der Waals surface area contributed by atoms with Crippen LogP contribution in [0, 0.1) is 0 Å². The predicted octanol–water partition coefficient (Wildman–Crippen LogP) is 0.740. The first-order chi connectivity index (χ1) is 11.7. The summed E-state index contributed by atoms with van der Waals surface area (Å²) in [6.45, 7) is 3.10. The summed E-state index contributed by atoms with van der Waals surface area (Å²) in [7, 11) is 0. The predicted molar refractivity (Wildman–Crippen MR) is 86.3 cm³/mol. The van der Waals surface area contributed by atoms with Crippen molar-refractivity contribution in [3.05, 3.63) is 22.3 Å². The summed E-state index contributed by atoms with van der Waals surface area (Å²) in [5, 5.41) is 10.9. The first kappa shape index (κ1) is 15.0. The SMILES string of the molecule is Nc1c(CC2CO2)c(O)c(CC2CO2)c(CC2CO2)c1CC1CO1. The number of phenols is 1. The molecule has 5 rings (SSSR count). The molecule has 4 heterocycles. The third kappa shape index (κ3) is 3.11. The molecule has 3 N–H and O–H groups in total. The average molecular weight is 333 g/mol. The minimum Gasteiger partial charge on any atom is -0.507 e. The molecule has 4 atom stereocenters. The lowest BCUT2D eigenvalue weighted by Gasteiger charge is -2.22. The number of nitrogens with two attached hydrogens (primary N) is 1. The molecule has 24 heavy (non-hydrogen) atoms. The number of ether oxygens (including phenoxy) is 4. The lowest BCUT2D eigenvalue weighted by atomic mass is 9.86. The van der Waals surface area contributed by atoms with E-state index in [2.05, 4.69) is 0 Å². The molecule has 0 aliphatic carbocycles. The average Bonchev–Trinajstić information content (AvgIpc) is 3.42. The number of phenolic OH excluding ortho intramolecular Hbond substituents is 1. The molecule has 0 aromatic heterocycles. The summed E-state index contributed by atoms with van der Waals surface area (Å²) in [6, 6.07) is 0. The van der Waals surface area contributed by atoms with Crippen molar-refractivity contribution in [2.24, 2.45) is 0 Å². The van der Waals surface area contributed by atoms with Crippen molar-refractivity contribution in [3.8, 4) is 5.75 Å². The van der Waals surface area contributed by atoms with Gasteiger partial charge in [0.15, 0.2) is 0 Å². The zero-order valence-corrected chi connectivity index (χ0v) is 13.6. The van der Waals surface area contributed by atoms with E-state index in [0.29, 0.717) is 12.2 Å². The van der Waals surface area contributed by atoms with Crippen LogP contribution in [0.4, 0.5) is 5.69 Å². The van der Waals surface area contributed by atoms with Gasteiger partial charge in [0.05, 0.1) is 50.8 Å². The van der Waals surface area contributed by atoms with Gasteiger partial charge >= 0.3 is 0 Å². The Balaban J connectivity index is 1.59. The van der Waals surface area contributed by atoms with E-state index in [1.807, 2.05) is 0 Å². The second-order valence-corrected chi connectivity index (χ2v) is 7.31. The largest absolute Gasteiger partial charge is 0.507 e. The van der Waals surface area contributed by atoms with Crippen molar-refractivity contribution in [3.63, 3.8) is 0 Å². The highest BCUT2D eigenvalue weighted by atomic mass is 16.6. The summed E-state index contributed by atoms with van der Waals surface area (Å²) in [5.74, 6) is 0.342. The fourth-order valence-electron chi connectivity index (χ4n) is 3.54. The van der Waals surface area contributed by atoms with Gasteiger partial charge < -0.3 is 29.8 Å². The Labute approximate surface area is 140 Å². The molecule has 6 heteroatoms. The molecule has 1 aromatic carbocycles. The lowest BCUT2D eigenvalue weighted by molar-refractivity contribution is 0.389. The van der Waals surface area contributed by atoms with Crippen molar-refractivity contribution in [2.75, 3.05) is 32.2 Å². The molecular weight excluding hydrogens is 310 g/mol. The third-order valence-corrected chi connectivity index (χ3v) is 5.29. The van der Waals surface area contributed by atoms with E-state index in [9.17, 15) is 5.11 Å². The highest BCUT2D eigenvalue weighted by Gasteiger charge is 2.36. The number of hydrogen-bond donors (Lipinski definition) is 2. The number of anilines is 1. The second-order valence-electron chi connectivity index (χ2n) is 7.31. The first-order valence-electron chi connectivity index (χ1n) is 8.79. The fourth-order valence-corrected chi connectivity index (χ4v) is 3.54. The van der Waals surface area contributed by atoms with E-state index in [0.717, 1.165) is 73.6 Å². The number of hydrogen-bond acceptors (Lipinski definition) is 6. The molecular formula is C18H23NO5. The molecule has 4 saturated heterocycles. The number of rotatable bonds is 8. The van der Waals surface area contributed by atoms with E-state index in [1.54, 1.807) is 0 Å². The quantitative estimate of drug-likeness (QED) is 0.538.